The summed E-state index contributed by atoms with van der Waals surface area (Å²) in [5, 5.41) is 6.29. The highest BCUT2D eigenvalue weighted by molar-refractivity contribution is 5.81. The number of hydrogen-bond donors (Lipinski definition) is 2. The van der Waals surface area contributed by atoms with Crippen LogP contribution in [0, 0.1) is 0 Å². The van der Waals surface area contributed by atoms with Gasteiger partial charge in [-0.1, -0.05) is 6.07 Å². The summed E-state index contributed by atoms with van der Waals surface area (Å²) >= 11 is 0. The van der Waals surface area contributed by atoms with Gasteiger partial charge in [0.05, 0.1) is 13.2 Å². The van der Waals surface area contributed by atoms with Crippen LogP contribution in [0.2, 0.25) is 0 Å². The van der Waals surface area contributed by atoms with Crippen molar-refractivity contribution in [3.05, 3.63) is 53.9 Å². The second kappa shape index (κ2) is 9.20. The molecule has 1 amide bonds. The lowest BCUT2D eigenvalue weighted by Crippen LogP contribution is -2.42. The maximum atomic E-state index is 12.0. The van der Waals surface area contributed by atoms with Crippen LogP contribution in [0.1, 0.15) is 30.4 Å². The monoisotopic (exact) mass is 355 g/mol. The average Bonchev–Trinajstić information content (AvgIpc) is 2.89. The number of nitrogens with zero attached hydrogens (tertiary/aromatic N) is 1. The Hall–Kier alpha value is -2.60. The zero-order valence-corrected chi connectivity index (χ0v) is 15.0. The first-order valence-corrected chi connectivity index (χ1v) is 8.96. The molecule has 0 bridgehead atoms. The molecule has 0 radical (unpaired) electrons. The quantitative estimate of drug-likeness (QED) is 0.798. The average molecular weight is 355 g/mol. The fourth-order valence-corrected chi connectivity index (χ4v) is 2.96. The maximum Gasteiger partial charge on any atom is 0.237 e. The fraction of sp³-hybridized carbons (Fsp3) is 0.400. The van der Waals surface area contributed by atoms with Gasteiger partial charge in [-0.2, -0.15) is 0 Å². The van der Waals surface area contributed by atoms with Crippen LogP contribution in [0.15, 0.2) is 42.7 Å². The topological polar surface area (TPSA) is 72.5 Å². The molecule has 1 unspecified atom stereocenters. The van der Waals surface area contributed by atoms with Gasteiger partial charge in [-0.25, -0.2) is 0 Å². The molecule has 2 heterocycles. The van der Waals surface area contributed by atoms with Crippen molar-refractivity contribution in [1.82, 2.24) is 15.6 Å². The molecule has 6 nitrogen and oxygen atoms in total. The van der Waals surface area contributed by atoms with Crippen LogP contribution < -0.4 is 20.1 Å². The summed E-state index contributed by atoms with van der Waals surface area (Å²) in [5.41, 5.74) is 2.10. The highest BCUT2D eigenvalue weighted by atomic mass is 16.5. The minimum absolute atomic E-state index is 0.0896. The number of methoxy groups -OCH3 is 1. The van der Waals surface area contributed by atoms with E-state index in [-0.39, 0.29) is 11.9 Å². The summed E-state index contributed by atoms with van der Waals surface area (Å²) in [6.07, 6.45) is 6.46. The van der Waals surface area contributed by atoms with E-state index in [0.717, 1.165) is 36.9 Å². The van der Waals surface area contributed by atoms with Crippen molar-refractivity contribution in [2.24, 2.45) is 0 Å². The van der Waals surface area contributed by atoms with Crippen LogP contribution in [0.25, 0.3) is 0 Å². The van der Waals surface area contributed by atoms with E-state index in [4.69, 9.17) is 9.47 Å². The Bertz CT molecular complexity index is 721. The molecule has 1 aromatic heterocycles. The van der Waals surface area contributed by atoms with Gasteiger partial charge in [-0.15, -0.1) is 0 Å². The van der Waals surface area contributed by atoms with Gasteiger partial charge >= 0.3 is 0 Å². The summed E-state index contributed by atoms with van der Waals surface area (Å²) in [6, 6.07) is 9.55. The maximum absolute atomic E-state index is 12.0. The van der Waals surface area contributed by atoms with Gasteiger partial charge in [-0.05, 0) is 54.7 Å². The molecule has 6 heteroatoms. The van der Waals surface area contributed by atoms with Gasteiger partial charge < -0.3 is 20.1 Å². The molecule has 0 aliphatic carbocycles. The molecule has 3 rings (SSSR count). The Morgan fingerprint density at radius 3 is 2.81 bits per heavy atom. The molecular weight excluding hydrogens is 330 g/mol. The van der Waals surface area contributed by atoms with Gasteiger partial charge in [0, 0.05) is 25.5 Å². The van der Waals surface area contributed by atoms with Crippen molar-refractivity contribution in [2.75, 3.05) is 13.7 Å². The van der Waals surface area contributed by atoms with E-state index in [1.165, 1.54) is 0 Å². The Labute approximate surface area is 153 Å². The van der Waals surface area contributed by atoms with Crippen LogP contribution in [-0.4, -0.2) is 30.6 Å². The fourth-order valence-electron chi connectivity index (χ4n) is 2.96. The summed E-state index contributed by atoms with van der Waals surface area (Å²) in [6.45, 7) is 1.84. The Balaban J connectivity index is 1.59. The molecule has 0 saturated carbocycles. The van der Waals surface area contributed by atoms with Crippen molar-refractivity contribution in [3.63, 3.8) is 0 Å². The van der Waals surface area contributed by atoms with Crippen molar-refractivity contribution < 1.29 is 14.3 Å². The molecule has 138 valence electrons. The van der Waals surface area contributed by atoms with Crippen LogP contribution in [0.3, 0.4) is 0 Å². The summed E-state index contributed by atoms with van der Waals surface area (Å²) in [7, 11) is 1.63. The number of pyridine rings is 1. The minimum Gasteiger partial charge on any atom is -0.493 e. The van der Waals surface area contributed by atoms with E-state index in [0.29, 0.717) is 24.7 Å². The van der Waals surface area contributed by atoms with E-state index in [2.05, 4.69) is 15.6 Å². The van der Waals surface area contributed by atoms with E-state index >= 15 is 0 Å². The van der Waals surface area contributed by atoms with E-state index in [1.807, 2.05) is 30.3 Å². The molecule has 1 saturated heterocycles. The Morgan fingerprint density at radius 2 is 2.00 bits per heavy atom. The van der Waals surface area contributed by atoms with Crippen LogP contribution in [0.4, 0.5) is 0 Å². The predicted octanol–water partition coefficient (Wildman–Crippen LogP) is 2.43. The number of ether oxygens (including phenoxy) is 2. The van der Waals surface area contributed by atoms with Crippen molar-refractivity contribution in [1.29, 1.82) is 0 Å². The van der Waals surface area contributed by atoms with E-state index in [9.17, 15) is 4.79 Å². The molecular formula is C20H25N3O3. The number of amides is 1. The van der Waals surface area contributed by atoms with Crippen molar-refractivity contribution >= 4 is 5.91 Å². The number of aromatic nitrogens is 1. The largest absolute Gasteiger partial charge is 0.493 e. The first-order chi connectivity index (χ1) is 12.8. The van der Waals surface area contributed by atoms with Gasteiger partial charge in [0.15, 0.2) is 11.5 Å². The summed E-state index contributed by atoms with van der Waals surface area (Å²) in [4.78, 5) is 16.0. The first kappa shape index (κ1) is 18.2. The zero-order chi connectivity index (χ0) is 18.2. The molecule has 26 heavy (non-hydrogen) atoms. The Kier molecular flexibility index (Phi) is 6.44. The van der Waals surface area contributed by atoms with Gasteiger partial charge in [0.25, 0.3) is 0 Å². The Morgan fingerprint density at radius 1 is 1.15 bits per heavy atom. The molecule has 1 fully saturated rings. The summed E-state index contributed by atoms with van der Waals surface area (Å²) < 4.78 is 11.3. The third-order valence-electron chi connectivity index (χ3n) is 4.46. The number of nitrogens with one attached hydrogen (secondary N) is 2. The molecule has 1 aliphatic rings. The standard InChI is InChI=1S/C20H25N3O3/c1-25-19-12-16(13-23-17-4-2-3-9-22-20(17)24)5-6-18(19)26-14-15-7-10-21-11-8-15/h5-8,10-12,17,23H,2-4,9,13-14H2,1H3,(H,22,24). The summed E-state index contributed by atoms with van der Waals surface area (Å²) in [5.74, 6) is 1.47. The number of benzene rings is 1. The molecule has 1 atom stereocenters. The second-order valence-electron chi connectivity index (χ2n) is 6.35. The number of carbonyl (C=O) groups is 1. The highest BCUT2D eigenvalue weighted by Gasteiger charge is 2.19. The van der Waals surface area contributed by atoms with Crippen LogP contribution in [0.5, 0.6) is 11.5 Å². The lowest BCUT2D eigenvalue weighted by atomic mass is 10.1. The second-order valence-corrected chi connectivity index (χ2v) is 6.35. The number of rotatable bonds is 7. The number of carbonyl (C=O) groups excluding carboxylic acids is 1. The molecule has 2 aromatic rings. The van der Waals surface area contributed by atoms with Crippen LogP contribution in [-0.2, 0) is 17.9 Å². The highest BCUT2D eigenvalue weighted by Crippen LogP contribution is 2.29. The lowest BCUT2D eigenvalue weighted by Gasteiger charge is -2.16. The van der Waals surface area contributed by atoms with E-state index < -0.39 is 0 Å². The molecule has 2 N–H and O–H groups in total. The zero-order valence-electron chi connectivity index (χ0n) is 15.0. The molecule has 1 aliphatic heterocycles. The third-order valence-corrected chi connectivity index (χ3v) is 4.46. The van der Waals surface area contributed by atoms with Gasteiger partial charge in [0.1, 0.15) is 6.61 Å². The smallest absolute Gasteiger partial charge is 0.237 e. The van der Waals surface area contributed by atoms with Gasteiger partial charge in [0.2, 0.25) is 5.91 Å². The minimum atomic E-state index is -0.133. The third kappa shape index (κ3) is 4.95. The van der Waals surface area contributed by atoms with Crippen molar-refractivity contribution in [3.8, 4) is 11.5 Å². The molecule has 1 aromatic carbocycles. The van der Waals surface area contributed by atoms with Gasteiger partial charge in [-0.3, -0.25) is 9.78 Å². The molecule has 0 spiro atoms. The first-order valence-electron chi connectivity index (χ1n) is 8.96. The van der Waals surface area contributed by atoms with Crippen molar-refractivity contribution in [2.45, 2.75) is 38.5 Å². The number of hydrogen-bond acceptors (Lipinski definition) is 5. The lowest BCUT2D eigenvalue weighted by molar-refractivity contribution is -0.122. The predicted molar refractivity (Wildman–Crippen MR) is 99.1 cm³/mol. The normalized spacial score (nSPS) is 17.3. The SMILES string of the molecule is COc1cc(CNC2CCCCNC2=O)ccc1OCc1ccncc1. The van der Waals surface area contributed by atoms with E-state index in [1.54, 1.807) is 19.5 Å². The van der Waals surface area contributed by atoms with Crippen LogP contribution >= 0.6 is 0 Å².